The number of esters is 3. The van der Waals surface area contributed by atoms with Crippen molar-refractivity contribution < 1.29 is 54.9 Å². The monoisotopic (exact) mass is 430 g/mol. The van der Waals surface area contributed by atoms with Gasteiger partial charge in [0.15, 0.2) is 0 Å². The molecule has 0 fully saturated rings. The van der Waals surface area contributed by atoms with Gasteiger partial charge in [-0.2, -0.15) is 26.3 Å². The van der Waals surface area contributed by atoms with E-state index in [0.717, 1.165) is 0 Å². The average Bonchev–Trinajstić information content (AvgIpc) is 2.41. The van der Waals surface area contributed by atoms with E-state index in [-0.39, 0.29) is 0 Å². The molecule has 0 aromatic heterocycles. The van der Waals surface area contributed by atoms with E-state index in [1.54, 1.807) is 0 Å². The highest BCUT2D eigenvalue weighted by Gasteiger charge is 2.45. The summed E-state index contributed by atoms with van der Waals surface area (Å²) in [5.41, 5.74) is -1.02. The molecule has 0 saturated heterocycles. The van der Waals surface area contributed by atoms with Crippen molar-refractivity contribution in [1.82, 2.24) is 0 Å². The molecule has 0 aromatic rings. The lowest BCUT2D eigenvalue weighted by molar-refractivity contribution is -0.211. The van der Waals surface area contributed by atoms with Crippen molar-refractivity contribution in [3.8, 4) is 0 Å². The summed E-state index contributed by atoms with van der Waals surface area (Å²) in [5, 5.41) is 0. The smallest absolute Gasteiger partial charge is 0.460 e. The van der Waals surface area contributed by atoms with Crippen LogP contribution in [0.5, 0.6) is 0 Å². The Kier molecular flexibility index (Phi) is 8.86. The molecule has 0 spiro atoms. The largest absolute Gasteiger partial charge is 0.490 e. The lowest BCUT2D eigenvalue weighted by Gasteiger charge is -2.25. The first kappa shape index (κ1) is 25.3. The number of ether oxygens (including phenoxy) is 3. The quantitative estimate of drug-likeness (QED) is 0.267. The molecule has 6 nitrogen and oxygen atoms in total. The van der Waals surface area contributed by atoms with Crippen LogP contribution in [-0.2, 0) is 28.6 Å². The second kappa shape index (κ2) is 9.47. The third-order valence-electron chi connectivity index (χ3n) is 2.52. The first-order valence-corrected chi connectivity index (χ1v) is 7.82. The molecule has 0 aliphatic carbocycles. The fraction of sp³-hybridized carbons (Fsp3) is 0.786. The van der Waals surface area contributed by atoms with E-state index >= 15 is 0 Å². The predicted octanol–water partition coefficient (Wildman–Crippen LogP) is 3.30. The van der Waals surface area contributed by atoms with Crippen LogP contribution in [0.1, 0.15) is 33.6 Å². The summed E-state index contributed by atoms with van der Waals surface area (Å²) in [5.74, 6) is -7.15. The molecule has 0 aliphatic heterocycles. The van der Waals surface area contributed by atoms with E-state index < -0.39 is 66.8 Å². The summed E-state index contributed by atoms with van der Waals surface area (Å²) in [6.45, 7) is 4.36. The highest BCUT2D eigenvalue weighted by Crippen LogP contribution is 2.24. The van der Waals surface area contributed by atoms with Crippen LogP contribution in [0.2, 0.25) is 0 Å². The Hall–Kier alpha value is -1.72. The van der Waals surface area contributed by atoms with Crippen LogP contribution < -0.4 is 0 Å². The molecule has 13 heteroatoms. The minimum absolute atomic E-state index is 0.754. The van der Waals surface area contributed by atoms with Gasteiger partial charge in [0.25, 0.3) is 0 Å². The van der Waals surface area contributed by atoms with Crippen LogP contribution in [0.4, 0.5) is 26.3 Å². The van der Waals surface area contributed by atoms with Crippen molar-refractivity contribution >= 4 is 29.5 Å². The van der Waals surface area contributed by atoms with E-state index in [9.17, 15) is 40.7 Å². The average molecular weight is 431 g/mol. The molecule has 158 valence electrons. The summed E-state index contributed by atoms with van der Waals surface area (Å²) in [6, 6.07) is 0. The molecular formula is C14H17ClF6O6. The zero-order chi connectivity index (χ0) is 21.6. The summed E-state index contributed by atoms with van der Waals surface area (Å²) in [6.07, 6.45) is -16.2. The molecule has 2 atom stereocenters. The van der Waals surface area contributed by atoms with Gasteiger partial charge in [-0.15, -0.1) is 11.6 Å². The summed E-state index contributed by atoms with van der Waals surface area (Å²) in [4.78, 5) is 33.5. The van der Waals surface area contributed by atoms with Crippen LogP contribution >= 0.6 is 11.6 Å². The molecule has 27 heavy (non-hydrogen) atoms. The van der Waals surface area contributed by atoms with Crippen LogP contribution in [0.15, 0.2) is 0 Å². The minimum Gasteiger partial charge on any atom is -0.460 e. The van der Waals surface area contributed by atoms with Crippen molar-refractivity contribution in [3.63, 3.8) is 0 Å². The molecule has 0 bridgehead atoms. The zero-order valence-corrected chi connectivity index (χ0v) is 15.1. The number of hydrogen-bond acceptors (Lipinski definition) is 6. The van der Waals surface area contributed by atoms with Gasteiger partial charge in [0.2, 0.25) is 0 Å². The minimum atomic E-state index is -5.41. The Bertz CT molecular complexity index is 540. The lowest BCUT2D eigenvalue weighted by atomic mass is 10.1. The fourth-order valence-corrected chi connectivity index (χ4v) is 1.80. The SMILES string of the molecule is CC(C)(C)OC(=O)C[C@@H](C[C@@H](CCl)OC(=O)C(F)(F)F)OC(=O)C(F)(F)F. The standard InChI is InChI=1S/C14H17ClF6O6/c1-12(2,3)27-9(22)5-7(25-10(23)13(16,17)18)4-8(6-15)26-11(24)14(19,20)21/h7-8H,4-6H2,1-3H3/t7-,8+/m1/s1. The topological polar surface area (TPSA) is 78.9 Å². The molecule has 0 unspecified atom stereocenters. The zero-order valence-electron chi connectivity index (χ0n) is 14.4. The van der Waals surface area contributed by atoms with Crippen molar-refractivity contribution in [2.45, 2.75) is 63.8 Å². The Morgan fingerprint density at radius 3 is 1.59 bits per heavy atom. The summed E-state index contributed by atoms with van der Waals surface area (Å²) < 4.78 is 86.7. The van der Waals surface area contributed by atoms with Crippen LogP contribution in [0.3, 0.4) is 0 Å². The number of rotatable bonds is 7. The molecular weight excluding hydrogens is 414 g/mol. The van der Waals surface area contributed by atoms with Gasteiger partial charge in [0.05, 0.1) is 12.3 Å². The highest BCUT2D eigenvalue weighted by molar-refractivity contribution is 6.18. The Morgan fingerprint density at radius 1 is 0.852 bits per heavy atom. The van der Waals surface area contributed by atoms with E-state index in [0.29, 0.717) is 0 Å². The van der Waals surface area contributed by atoms with Gasteiger partial charge in [-0.05, 0) is 20.8 Å². The maximum atomic E-state index is 12.4. The number of hydrogen-bond donors (Lipinski definition) is 0. The van der Waals surface area contributed by atoms with Crippen molar-refractivity contribution in [2.24, 2.45) is 0 Å². The van der Waals surface area contributed by atoms with Gasteiger partial charge in [-0.25, -0.2) is 9.59 Å². The van der Waals surface area contributed by atoms with Gasteiger partial charge in [-0.3, -0.25) is 4.79 Å². The number of carbonyl (C=O) groups excluding carboxylic acids is 3. The maximum absolute atomic E-state index is 12.4. The van der Waals surface area contributed by atoms with Gasteiger partial charge < -0.3 is 14.2 Å². The third-order valence-corrected chi connectivity index (χ3v) is 2.87. The van der Waals surface area contributed by atoms with E-state index in [1.807, 2.05) is 0 Å². The van der Waals surface area contributed by atoms with E-state index in [1.165, 1.54) is 20.8 Å². The fourth-order valence-electron chi connectivity index (χ4n) is 1.61. The van der Waals surface area contributed by atoms with Crippen molar-refractivity contribution in [2.75, 3.05) is 5.88 Å². The molecule has 0 aliphatic rings. The highest BCUT2D eigenvalue weighted by atomic mass is 35.5. The Labute approximate surface area is 155 Å². The van der Waals surface area contributed by atoms with Gasteiger partial charge >= 0.3 is 30.3 Å². The Balaban J connectivity index is 5.23. The normalized spacial score (nSPS) is 14.9. The molecule has 0 saturated carbocycles. The number of carbonyl (C=O) groups is 3. The lowest BCUT2D eigenvalue weighted by Crippen LogP contribution is -2.37. The molecule has 0 N–H and O–H groups in total. The number of halogens is 7. The summed E-state index contributed by atoms with van der Waals surface area (Å²) in [7, 11) is 0. The molecule has 0 radical (unpaired) electrons. The summed E-state index contributed by atoms with van der Waals surface area (Å²) >= 11 is 5.35. The van der Waals surface area contributed by atoms with E-state index in [4.69, 9.17) is 16.3 Å². The van der Waals surface area contributed by atoms with Crippen LogP contribution in [0.25, 0.3) is 0 Å². The van der Waals surface area contributed by atoms with Crippen LogP contribution in [0, 0.1) is 0 Å². The molecule has 0 aromatic carbocycles. The molecule has 0 amide bonds. The third kappa shape index (κ3) is 10.9. The van der Waals surface area contributed by atoms with E-state index in [2.05, 4.69) is 9.47 Å². The first-order chi connectivity index (χ1) is 12.0. The van der Waals surface area contributed by atoms with Crippen LogP contribution in [-0.4, -0.2) is 53.9 Å². The first-order valence-electron chi connectivity index (χ1n) is 7.29. The molecule has 0 heterocycles. The van der Waals surface area contributed by atoms with Gasteiger partial charge in [0, 0.05) is 6.42 Å². The molecule has 0 rings (SSSR count). The van der Waals surface area contributed by atoms with Gasteiger partial charge in [-0.1, -0.05) is 0 Å². The predicted molar refractivity (Wildman–Crippen MR) is 77.7 cm³/mol. The Morgan fingerprint density at radius 2 is 1.26 bits per heavy atom. The van der Waals surface area contributed by atoms with Gasteiger partial charge in [0.1, 0.15) is 17.8 Å². The van der Waals surface area contributed by atoms with Crippen molar-refractivity contribution in [3.05, 3.63) is 0 Å². The second-order valence-corrected chi connectivity index (χ2v) is 6.54. The van der Waals surface area contributed by atoms with Crippen molar-refractivity contribution in [1.29, 1.82) is 0 Å². The number of alkyl halides is 7. The second-order valence-electron chi connectivity index (χ2n) is 6.23. The maximum Gasteiger partial charge on any atom is 0.490 e.